The number of halogens is 4. The normalized spacial score (nSPS) is 21.2. The van der Waals surface area contributed by atoms with Crippen LogP contribution in [0.3, 0.4) is 0 Å². The molecule has 1 saturated carbocycles. The van der Waals surface area contributed by atoms with E-state index in [4.69, 9.17) is 16.3 Å². The average Bonchev–Trinajstić information content (AvgIpc) is 3.60. The molecule has 11 nitrogen and oxygen atoms in total. The van der Waals surface area contributed by atoms with Gasteiger partial charge in [-0.25, -0.2) is 0 Å². The van der Waals surface area contributed by atoms with Crippen molar-refractivity contribution in [3.63, 3.8) is 0 Å². The number of amides is 3. The van der Waals surface area contributed by atoms with Gasteiger partial charge in [0.05, 0.1) is 0 Å². The zero-order valence-corrected chi connectivity index (χ0v) is 28.0. The maximum atomic E-state index is 13.4. The second-order valence-electron chi connectivity index (χ2n) is 13.7. The number of fused-ring (bicyclic) bond motifs is 1. The molecular formula is C35H37ClF3N7O4. The fourth-order valence-electron chi connectivity index (χ4n) is 7.27. The quantitative estimate of drug-likeness (QED) is 0.324. The molecule has 2 unspecified atom stereocenters. The summed E-state index contributed by atoms with van der Waals surface area (Å²) in [4.78, 5) is 56.9. The minimum absolute atomic E-state index is 0.0170. The van der Waals surface area contributed by atoms with Gasteiger partial charge in [0.1, 0.15) is 5.82 Å². The van der Waals surface area contributed by atoms with Crippen LogP contribution in [0.2, 0.25) is 5.02 Å². The lowest BCUT2D eigenvalue weighted by Gasteiger charge is -2.28. The summed E-state index contributed by atoms with van der Waals surface area (Å²) in [6.07, 6.45) is 0.456. The molecule has 3 aromatic rings. The molecule has 4 fully saturated rings. The van der Waals surface area contributed by atoms with Crippen molar-refractivity contribution in [1.29, 1.82) is 0 Å². The highest BCUT2D eigenvalue weighted by Crippen LogP contribution is 2.50. The number of hydrogen-bond acceptors (Lipinski definition) is 8. The molecule has 264 valence electrons. The minimum atomic E-state index is -4.57. The van der Waals surface area contributed by atoms with E-state index < -0.39 is 30.6 Å². The van der Waals surface area contributed by atoms with Crippen LogP contribution in [0.5, 0.6) is 6.01 Å². The van der Waals surface area contributed by atoms with Gasteiger partial charge in [0, 0.05) is 79.2 Å². The second kappa shape index (κ2) is 13.7. The summed E-state index contributed by atoms with van der Waals surface area (Å²) in [7, 11) is 0. The Morgan fingerprint density at radius 1 is 0.820 bits per heavy atom. The fraction of sp³-hybridized carbons (Fsp3) is 0.486. The van der Waals surface area contributed by atoms with Crippen LogP contribution < -0.4 is 10.1 Å². The number of nitrogens with zero attached hydrogens (tertiary/aromatic N) is 6. The van der Waals surface area contributed by atoms with Crippen LogP contribution in [-0.2, 0) is 21.4 Å². The molecule has 2 atom stereocenters. The molecule has 3 aliphatic heterocycles. The van der Waals surface area contributed by atoms with E-state index in [2.05, 4.69) is 20.3 Å². The lowest BCUT2D eigenvalue weighted by Crippen LogP contribution is -2.47. The molecule has 4 aliphatic rings. The van der Waals surface area contributed by atoms with Crippen molar-refractivity contribution in [2.75, 3.05) is 51.2 Å². The number of benzene rings is 2. The molecule has 0 bridgehead atoms. The molecule has 4 heterocycles. The summed E-state index contributed by atoms with van der Waals surface area (Å²) in [5.41, 5.74) is 1.78. The van der Waals surface area contributed by atoms with Crippen LogP contribution >= 0.6 is 11.6 Å². The van der Waals surface area contributed by atoms with Crippen LogP contribution in [0.1, 0.15) is 53.8 Å². The molecular weight excluding hydrogens is 675 g/mol. The predicted octanol–water partition coefficient (Wildman–Crippen LogP) is 5.03. The van der Waals surface area contributed by atoms with Crippen molar-refractivity contribution >= 4 is 41.0 Å². The van der Waals surface area contributed by atoms with Crippen LogP contribution in [0.4, 0.5) is 24.8 Å². The monoisotopic (exact) mass is 711 g/mol. The molecule has 0 spiro atoms. The van der Waals surface area contributed by atoms with Gasteiger partial charge in [-0.2, -0.15) is 28.1 Å². The lowest BCUT2D eigenvalue weighted by molar-refractivity contribution is -0.154. The summed E-state index contributed by atoms with van der Waals surface area (Å²) in [5, 5.41) is 3.62. The van der Waals surface area contributed by atoms with E-state index in [1.807, 2.05) is 12.1 Å². The summed E-state index contributed by atoms with van der Waals surface area (Å²) < 4.78 is 43.8. The Hall–Kier alpha value is -4.46. The predicted molar refractivity (Wildman–Crippen MR) is 177 cm³/mol. The fourth-order valence-corrected chi connectivity index (χ4v) is 7.39. The van der Waals surface area contributed by atoms with E-state index in [9.17, 15) is 27.6 Å². The molecule has 1 N–H and O–H groups in total. The number of alkyl halides is 3. The van der Waals surface area contributed by atoms with Crippen LogP contribution in [0.25, 0.3) is 0 Å². The van der Waals surface area contributed by atoms with E-state index in [0.717, 1.165) is 37.7 Å². The number of hydrogen-bond donors (Lipinski definition) is 1. The number of carbonyl (C=O) groups excluding carboxylic acids is 3. The number of anilines is 2. The number of likely N-dealkylation sites (tertiary alicyclic amines) is 3. The first-order valence-electron chi connectivity index (χ1n) is 16.9. The van der Waals surface area contributed by atoms with Gasteiger partial charge in [-0.1, -0.05) is 23.7 Å². The first kappa shape index (κ1) is 34.0. The summed E-state index contributed by atoms with van der Waals surface area (Å²) >= 11 is 6.06. The van der Waals surface area contributed by atoms with Gasteiger partial charge in [0.15, 0.2) is 6.61 Å². The van der Waals surface area contributed by atoms with Crippen molar-refractivity contribution in [2.45, 2.75) is 50.1 Å². The SMILES string of the molecule is O=C(C(=O)N1CC2CN(C(=O)c3ccc(Nc4nc(CC5(c6ccc(Cl)cc6)CC5)nc(OCC(F)(F)F)n4)cc3)CC2C1)N1CCCCC1. The first-order valence-corrected chi connectivity index (χ1v) is 17.3. The zero-order valence-electron chi connectivity index (χ0n) is 27.3. The minimum Gasteiger partial charge on any atom is -0.454 e. The van der Waals surface area contributed by atoms with Gasteiger partial charge in [-0.15, -0.1) is 0 Å². The Balaban J connectivity index is 0.984. The Morgan fingerprint density at radius 2 is 1.44 bits per heavy atom. The number of rotatable bonds is 8. The van der Waals surface area contributed by atoms with Crippen molar-refractivity contribution in [1.82, 2.24) is 29.7 Å². The van der Waals surface area contributed by atoms with Crippen molar-refractivity contribution in [3.05, 3.63) is 70.5 Å². The topological polar surface area (TPSA) is 121 Å². The Morgan fingerprint density at radius 3 is 2.06 bits per heavy atom. The van der Waals surface area contributed by atoms with E-state index in [-0.39, 0.29) is 34.9 Å². The zero-order chi connectivity index (χ0) is 35.0. The van der Waals surface area contributed by atoms with Gasteiger partial charge in [-0.05, 0) is 74.1 Å². The lowest BCUT2D eigenvalue weighted by atomic mass is 9.92. The highest BCUT2D eigenvalue weighted by atomic mass is 35.5. The van der Waals surface area contributed by atoms with Gasteiger partial charge in [-0.3, -0.25) is 14.4 Å². The van der Waals surface area contributed by atoms with E-state index in [1.54, 1.807) is 51.1 Å². The Kier molecular flexibility index (Phi) is 9.31. The molecule has 1 aliphatic carbocycles. The summed E-state index contributed by atoms with van der Waals surface area (Å²) in [6, 6.07) is 13.7. The van der Waals surface area contributed by atoms with Crippen LogP contribution in [-0.4, -0.2) is 99.4 Å². The standard InChI is InChI=1S/C35H37ClF3N7O4/c36-26-8-6-25(7-9-26)34(12-13-34)16-28-41-32(43-33(42-28)50-21-35(37,38)39)40-27-10-4-22(5-11-27)29(47)45-17-23-19-46(20-24(23)18-45)31(49)30(48)44-14-2-1-3-15-44/h4-11,23-24H,1-3,12-21H2,(H,40,41,42,43). The van der Waals surface area contributed by atoms with Crippen molar-refractivity contribution < 1.29 is 32.3 Å². The molecule has 7 rings (SSSR count). The van der Waals surface area contributed by atoms with Gasteiger partial charge in [0.25, 0.3) is 5.91 Å². The van der Waals surface area contributed by atoms with E-state index in [1.165, 1.54) is 0 Å². The third-order valence-corrected chi connectivity index (χ3v) is 10.4. The maximum Gasteiger partial charge on any atom is 0.422 e. The largest absolute Gasteiger partial charge is 0.454 e. The summed E-state index contributed by atoms with van der Waals surface area (Å²) in [5.74, 6) is -0.485. The number of nitrogens with one attached hydrogen (secondary N) is 1. The number of carbonyl (C=O) groups is 3. The Labute approximate surface area is 292 Å². The molecule has 3 saturated heterocycles. The van der Waals surface area contributed by atoms with E-state index in [0.29, 0.717) is 62.0 Å². The van der Waals surface area contributed by atoms with Crippen molar-refractivity contribution in [3.8, 4) is 6.01 Å². The van der Waals surface area contributed by atoms with Gasteiger partial charge < -0.3 is 24.8 Å². The summed E-state index contributed by atoms with van der Waals surface area (Å²) in [6.45, 7) is 1.62. The number of piperidine rings is 1. The van der Waals surface area contributed by atoms with E-state index >= 15 is 0 Å². The molecule has 0 radical (unpaired) electrons. The number of aromatic nitrogens is 3. The van der Waals surface area contributed by atoms with Crippen LogP contribution in [0, 0.1) is 11.8 Å². The first-order chi connectivity index (χ1) is 23.9. The van der Waals surface area contributed by atoms with Gasteiger partial charge >= 0.3 is 24.0 Å². The molecule has 15 heteroatoms. The van der Waals surface area contributed by atoms with Gasteiger partial charge in [0.2, 0.25) is 5.95 Å². The smallest absolute Gasteiger partial charge is 0.422 e. The highest BCUT2D eigenvalue weighted by molar-refractivity contribution is 6.35. The maximum absolute atomic E-state index is 13.4. The third-order valence-electron chi connectivity index (χ3n) is 10.1. The van der Waals surface area contributed by atoms with Crippen molar-refractivity contribution in [2.24, 2.45) is 11.8 Å². The number of ether oxygens (including phenoxy) is 1. The molecule has 2 aromatic carbocycles. The second-order valence-corrected chi connectivity index (χ2v) is 14.2. The Bertz CT molecular complexity index is 1730. The highest BCUT2D eigenvalue weighted by Gasteiger charge is 2.46. The molecule has 3 amide bonds. The molecule has 50 heavy (non-hydrogen) atoms. The molecule has 1 aromatic heterocycles. The average molecular weight is 712 g/mol. The third kappa shape index (κ3) is 7.64. The van der Waals surface area contributed by atoms with Crippen LogP contribution in [0.15, 0.2) is 48.5 Å².